The number of nitrogens with one attached hydrogen (secondary N) is 1. The van der Waals surface area contributed by atoms with Crippen LogP contribution in [0.1, 0.15) is 27.0 Å². The van der Waals surface area contributed by atoms with E-state index in [1.54, 1.807) is 30.6 Å². The van der Waals surface area contributed by atoms with Crippen LogP contribution in [0.5, 0.6) is 5.75 Å². The van der Waals surface area contributed by atoms with Gasteiger partial charge in [-0.15, -0.1) is 0 Å². The van der Waals surface area contributed by atoms with Crippen molar-refractivity contribution in [2.24, 2.45) is 0 Å². The number of rotatable bonds is 5. The predicted octanol–water partition coefficient (Wildman–Crippen LogP) is 5.53. The van der Waals surface area contributed by atoms with Crippen molar-refractivity contribution in [3.8, 4) is 5.75 Å². The van der Waals surface area contributed by atoms with Crippen molar-refractivity contribution in [3.63, 3.8) is 0 Å². The van der Waals surface area contributed by atoms with E-state index >= 15 is 0 Å². The number of nitrogens with zero attached hydrogens (tertiary/aromatic N) is 1. The van der Waals surface area contributed by atoms with E-state index in [9.17, 15) is 18.0 Å². The van der Waals surface area contributed by atoms with E-state index in [4.69, 9.17) is 4.74 Å². The highest BCUT2D eigenvalue weighted by molar-refractivity contribution is 6.06. The van der Waals surface area contributed by atoms with Crippen molar-refractivity contribution in [2.75, 3.05) is 12.4 Å². The van der Waals surface area contributed by atoms with E-state index in [-0.39, 0.29) is 11.3 Å². The Balaban J connectivity index is 1.78. The van der Waals surface area contributed by atoms with Crippen molar-refractivity contribution in [3.05, 3.63) is 89.2 Å². The third-order valence-corrected chi connectivity index (χ3v) is 4.09. The van der Waals surface area contributed by atoms with Crippen LogP contribution in [0, 0.1) is 0 Å². The average molecular weight is 398 g/mol. The van der Waals surface area contributed by atoms with E-state index < -0.39 is 17.6 Å². The van der Waals surface area contributed by atoms with Gasteiger partial charge >= 0.3 is 6.18 Å². The Morgan fingerprint density at radius 1 is 1.00 bits per heavy atom. The number of carbonyl (C=O) groups excluding carboxylic acids is 1. The summed E-state index contributed by atoms with van der Waals surface area (Å²) in [5.41, 5.74) is 1.46. The van der Waals surface area contributed by atoms with Gasteiger partial charge in [-0.05, 0) is 53.6 Å². The fraction of sp³-hybridized carbons (Fsp3) is 0.0909. The van der Waals surface area contributed by atoms with Crippen molar-refractivity contribution in [1.82, 2.24) is 4.98 Å². The number of halogens is 3. The molecule has 0 fully saturated rings. The molecule has 1 aromatic heterocycles. The minimum absolute atomic E-state index is 0.0123. The topological polar surface area (TPSA) is 51.2 Å². The van der Waals surface area contributed by atoms with Crippen molar-refractivity contribution in [2.45, 2.75) is 6.18 Å². The van der Waals surface area contributed by atoms with Crippen LogP contribution in [-0.2, 0) is 6.18 Å². The van der Waals surface area contributed by atoms with Gasteiger partial charge in [0.1, 0.15) is 5.75 Å². The van der Waals surface area contributed by atoms with E-state index in [1.165, 1.54) is 7.11 Å². The zero-order valence-electron chi connectivity index (χ0n) is 15.4. The summed E-state index contributed by atoms with van der Waals surface area (Å²) in [5.74, 6) is -0.711. The number of hydrogen-bond donors (Lipinski definition) is 1. The van der Waals surface area contributed by atoms with Crippen LogP contribution in [0.15, 0.2) is 67.0 Å². The smallest absolute Gasteiger partial charge is 0.416 e. The Morgan fingerprint density at radius 2 is 1.72 bits per heavy atom. The number of alkyl halides is 3. The molecular formula is C22H17F3N2O2. The summed E-state index contributed by atoms with van der Waals surface area (Å²) >= 11 is 0. The largest absolute Gasteiger partial charge is 0.496 e. The number of methoxy groups -OCH3 is 1. The molecule has 4 nitrogen and oxygen atoms in total. The number of amides is 1. The van der Waals surface area contributed by atoms with Gasteiger partial charge in [0.25, 0.3) is 5.91 Å². The van der Waals surface area contributed by atoms with E-state index in [2.05, 4.69) is 10.3 Å². The first-order chi connectivity index (χ1) is 13.9. The second-order valence-electron chi connectivity index (χ2n) is 6.11. The number of benzene rings is 2. The molecule has 0 radical (unpaired) electrons. The Hall–Kier alpha value is -3.61. The lowest BCUT2D eigenvalue weighted by Crippen LogP contribution is -2.14. The Labute approximate surface area is 165 Å². The fourth-order valence-corrected chi connectivity index (χ4v) is 2.64. The summed E-state index contributed by atoms with van der Waals surface area (Å²) in [4.78, 5) is 16.5. The molecule has 0 aliphatic heterocycles. The maximum Gasteiger partial charge on any atom is 0.416 e. The molecule has 0 aliphatic rings. The lowest BCUT2D eigenvalue weighted by atomic mass is 10.1. The third kappa shape index (κ3) is 5.22. The normalized spacial score (nSPS) is 11.4. The van der Waals surface area contributed by atoms with E-state index in [1.807, 2.05) is 30.4 Å². The van der Waals surface area contributed by atoms with Crippen LogP contribution in [0.4, 0.5) is 18.9 Å². The molecule has 148 valence electrons. The minimum Gasteiger partial charge on any atom is -0.496 e. The summed E-state index contributed by atoms with van der Waals surface area (Å²) in [5, 5.41) is 2.69. The van der Waals surface area contributed by atoms with Crippen molar-refractivity contribution >= 4 is 23.7 Å². The lowest BCUT2D eigenvalue weighted by Gasteiger charge is -2.13. The summed E-state index contributed by atoms with van der Waals surface area (Å²) in [6, 6.07) is 13.6. The SMILES string of the molecule is COc1cc(C(F)(F)F)ccc1C(=O)Nc1cccc(/C=C/c2ccncc2)c1. The summed E-state index contributed by atoms with van der Waals surface area (Å²) in [6.07, 6.45) is 2.64. The van der Waals surface area contributed by atoms with Gasteiger partial charge in [-0.2, -0.15) is 13.2 Å². The second-order valence-corrected chi connectivity index (χ2v) is 6.11. The molecular weight excluding hydrogens is 381 g/mol. The molecule has 3 aromatic rings. The zero-order chi connectivity index (χ0) is 20.9. The van der Waals surface area contributed by atoms with Crippen LogP contribution < -0.4 is 10.1 Å². The quantitative estimate of drug-likeness (QED) is 0.615. The molecule has 29 heavy (non-hydrogen) atoms. The molecule has 0 saturated carbocycles. The fourth-order valence-electron chi connectivity index (χ4n) is 2.64. The average Bonchev–Trinajstić information content (AvgIpc) is 2.72. The monoisotopic (exact) mass is 398 g/mol. The molecule has 0 atom stereocenters. The molecule has 1 amide bonds. The minimum atomic E-state index is -4.52. The molecule has 1 heterocycles. The molecule has 0 saturated heterocycles. The van der Waals surface area contributed by atoms with E-state index in [0.29, 0.717) is 5.69 Å². The summed E-state index contributed by atoms with van der Waals surface area (Å²) < 4.78 is 43.5. The molecule has 7 heteroatoms. The molecule has 3 rings (SSSR count). The maximum absolute atomic E-state index is 12.9. The predicted molar refractivity (Wildman–Crippen MR) is 106 cm³/mol. The highest BCUT2D eigenvalue weighted by Gasteiger charge is 2.31. The van der Waals surface area contributed by atoms with Crippen molar-refractivity contribution < 1.29 is 22.7 Å². The van der Waals surface area contributed by atoms with E-state index in [0.717, 1.165) is 29.3 Å². The summed E-state index contributed by atoms with van der Waals surface area (Å²) in [6.45, 7) is 0. The van der Waals surface area contributed by atoms with Gasteiger partial charge < -0.3 is 10.1 Å². The number of pyridine rings is 1. The third-order valence-electron chi connectivity index (χ3n) is 4.09. The van der Waals surface area contributed by atoms with Crippen LogP contribution in [0.2, 0.25) is 0 Å². The van der Waals surface area contributed by atoms with Gasteiger partial charge in [-0.25, -0.2) is 0 Å². The van der Waals surface area contributed by atoms with Crippen LogP contribution in [0.3, 0.4) is 0 Å². The molecule has 0 unspecified atom stereocenters. The first-order valence-electron chi connectivity index (χ1n) is 8.61. The highest BCUT2D eigenvalue weighted by atomic mass is 19.4. The number of aromatic nitrogens is 1. The number of hydrogen-bond acceptors (Lipinski definition) is 3. The van der Waals surface area contributed by atoms with Crippen LogP contribution in [-0.4, -0.2) is 18.0 Å². The second kappa shape index (κ2) is 8.60. The first-order valence-corrected chi connectivity index (χ1v) is 8.61. The van der Waals surface area contributed by atoms with Crippen molar-refractivity contribution in [1.29, 1.82) is 0 Å². The highest BCUT2D eigenvalue weighted by Crippen LogP contribution is 2.33. The van der Waals surface area contributed by atoms with Gasteiger partial charge in [-0.3, -0.25) is 9.78 Å². The molecule has 0 aliphatic carbocycles. The lowest BCUT2D eigenvalue weighted by molar-refractivity contribution is -0.137. The van der Waals surface area contributed by atoms with Gasteiger partial charge in [0.05, 0.1) is 18.2 Å². The van der Waals surface area contributed by atoms with Gasteiger partial charge in [-0.1, -0.05) is 24.3 Å². The van der Waals surface area contributed by atoms with Gasteiger partial charge in [0.15, 0.2) is 0 Å². The zero-order valence-corrected chi connectivity index (χ0v) is 15.4. The number of anilines is 1. The molecule has 0 spiro atoms. The van der Waals surface area contributed by atoms with Gasteiger partial charge in [0, 0.05) is 18.1 Å². The molecule has 0 bridgehead atoms. The van der Waals surface area contributed by atoms with Crippen LogP contribution >= 0.6 is 0 Å². The Bertz CT molecular complexity index is 1030. The number of carbonyl (C=O) groups is 1. The van der Waals surface area contributed by atoms with Crippen LogP contribution in [0.25, 0.3) is 12.2 Å². The molecule has 1 N–H and O–H groups in total. The first kappa shape index (κ1) is 20.1. The maximum atomic E-state index is 12.9. The summed E-state index contributed by atoms with van der Waals surface area (Å²) in [7, 11) is 1.22. The molecule has 2 aromatic carbocycles. The van der Waals surface area contributed by atoms with Gasteiger partial charge in [0.2, 0.25) is 0 Å². The Morgan fingerprint density at radius 3 is 2.41 bits per heavy atom. The Kier molecular flexibility index (Phi) is 5.97. The number of ether oxygens (including phenoxy) is 1. The standard InChI is InChI=1S/C22H17F3N2O2/c1-29-20-14-17(22(23,24)25)7-8-19(20)21(28)27-18-4-2-3-16(13-18)6-5-15-9-11-26-12-10-15/h2-14H,1H3,(H,27,28)/b6-5+.